The number of rotatable bonds is 8. The zero-order chi connectivity index (χ0) is 20.1. The van der Waals surface area contributed by atoms with Gasteiger partial charge >= 0.3 is 0 Å². The van der Waals surface area contributed by atoms with Gasteiger partial charge < -0.3 is 10.1 Å². The molecule has 3 rings (SSSR count). The predicted molar refractivity (Wildman–Crippen MR) is 110 cm³/mol. The van der Waals surface area contributed by atoms with Crippen molar-refractivity contribution in [3.05, 3.63) is 52.9 Å². The Morgan fingerprint density at radius 3 is 2.68 bits per heavy atom. The molecule has 6 nitrogen and oxygen atoms in total. The van der Waals surface area contributed by atoms with E-state index in [1.54, 1.807) is 17.5 Å². The minimum atomic E-state index is -3.74. The van der Waals surface area contributed by atoms with Crippen LogP contribution in [-0.2, 0) is 32.5 Å². The molecule has 1 aliphatic rings. The fraction of sp³-hybridized carbons (Fsp3) is 0.450. The highest BCUT2D eigenvalue weighted by Gasteiger charge is 2.39. The molecular formula is C20H26N2O4S2. The molecular weight excluding hydrogens is 396 g/mol. The Hall–Kier alpha value is -1.74. The molecule has 0 saturated carbocycles. The van der Waals surface area contributed by atoms with E-state index >= 15 is 0 Å². The lowest BCUT2D eigenvalue weighted by atomic mass is 9.95. The third-order valence-corrected chi connectivity index (χ3v) is 7.87. The number of benzene rings is 1. The summed E-state index contributed by atoms with van der Waals surface area (Å²) < 4.78 is 33.4. The number of thiophene rings is 1. The third kappa shape index (κ3) is 4.81. The highest BCUT2D eigenvalue weighted by atomic mass is 32.2. The molecule has 2 aromatic rings. The minimum absolute atomic E-state index is 0.150. The number of hydrogen-bond donors (Lipinski definition) is 1. The first-order valence-electron chi connectivity index (χ1n) is 9.41. The lowest BCUT2D eigenvalue weighted by Gasteiger charge is -2.34. The van der Waals surface area contributed by atoms with Crippen LogP contribution in [0.25, 0.3) is 0 Å². The van der Waals surface area contributed by atoms with E-state index in [0.717, 1.165) is 11.1 Å². The Bertz CT molecular complexity index is 895. The molecule has 0 aliphatic carbocycles. The molecule has 0 bridgehead atoms. The van der Waals surface area contributed by atoms with E-state index in [2.05, 4.69) is 5.32 Å². The van der Waals surface area contributed by atoms with Gasteiger partial charge in [0, 0.05) is 19.7 Å². The Kier molecular flexibility index (Phi) is 6.87. The highest BCUT2D eigenvalue weighted by Crippen LogP contribution is 2.30. The van der Waals surface area contributed by atoms with E-state index in [1.165, 1.54) is 15.6 Å². The molecule has 1 aromatic carbocycles. The van der Waals surface area contributed by atoms with E-state index in [-0.39, 0.29) is 22.8 Å². The molecule has 0 unspecified atom stereocenters. The highest BCUT2D eigenvalue weighted by molar-refractivity contribution is 7.91. The van der Waals surface area contributed by atoms with Gasteiger partial charge in [-0.2, -0.15) is 4.31 Å². The Morgan fingerprint density at radius 1 is 1.25 bits per heavy atom. The summed E-state index contributed by atoms with van der Waals surface area (Å²) in [5.41, 5.74) is 1.96. The average Bonchev–Trinajstić information content (AvgIpc) is 3.22. The molecule has 8 heteroatoms. The van der Waals surface area contributed by atoms with Crippen LogP contribution in [0.15, 0.2) is 46.0 Å². The fourth-order valence-electron chi connectivity index (χ4n) is 3.22. The van der Waals surface area contributed by atoms with Gasteiger partial charge in [-0.3, -0.25) is 4.79 Å². The number of ether oxygens (including phenoxy) is 1. The molecule has 152 valence electrons. The zero-order valence-corrected chi connectivity index (χ0v) is 17.8. The number of carbonyl (C=O) groups is 1. The van der Waals surface area contributed by atoms with Crippen LogP contribution >= 0.6 is 11.3 Å². The van der Waals surface area contributed by atoms with Crippen LogP contribution in [0.4, 0.5) is 0 Å². The molecule has 0 radical (unpaired) electrons. The van der Waals surface area contributed by atoms with Gasteiger partial charge in [-0.05, 0) is 49.3 Å². The van der Waals surface area contributed by atoms with Gasteiger partial charge in [0.1, 0.15) is 10.3 Å². The molecule has 2 heterocycles. The van der Waals surface area contributed by atoms with E-state index in [4.69, 9.17) is 4.74 Å². The third-order valence-electron chi connectivity index (χ3n) is 4.64. The summed E-state index contributed by atoms with van der Waals surface area (Å²) in [5, 5.41) is 4.61. The first-order valence-corrected chi connectivity index (χ1v) is 11.7. The van der Waals surface area contributed by atoms with Crippen molar-refractivity contribution in [2.45, 2.75) is 49.6 Å². The molecule has 28 heavy (non-hydrogen) atoms. The van der Waals surface area contributed by atoms with Gasteiger partial charge in [0.05, 0.1) is 6.10 Å². The van der Waals surface area contributed by atoms with E-state index in [9.17, 15) is 13.2 Å². The van der Waals surface area contributed by atoms with Crippen molar-refractivity contribution < 1.29 is 17.9 Å². The van der Waals surface area contributed by atoms with E-state index < -0.39 is 16.1 Å². The maximum Gasteiger partial charge on any atom is 0.253 e. The van der Waals surface area contributed by atoms with Crippen LogP contribution in [0, 0.1) is 0 Å². The van der Waals surface area contributed by atoms with Gasteiger partial charge in [0.25, 0.3) is 10.0 Å². The second-order valence-electron chi connectivity index (χ2n) is 7.04. The van der Waals surface area contributed by atoms with Crippen LogP contribution in [-0.4, -0.2) is 43.9 Å². The van der Waals surface area contributed by atoms with Crippen LogP contribution < -0.4 is 5.32 Å². The largest absolute Gasteiger partial charge is 0.379 e. The quantitative estimate of drug-likeness (QED) is 0.664. The van der Waals surface area contributed by atoms with Crippen molar-refractivity contribution in [1.82, 2.24) is 9.62 Å². The SMILES string of the molecule is CC(C)OCCCNC(=O)[C@@H]1Cc2ccccc2CN1S(=O)(=O)c1cccs1. The summed E-state index contributed by atoms with van der Waals surface area (Å²) in [6.45, 7) is 5.14. The standard InChI is InChI=1S/C20H26N2O4S2/c1-15(2)26-11-6-10-21-20(23)18-13-16-7-3-4-8-17(16)14-22(18)28(24,25)19-9-5-12-27-19/h3-5,7-9,12,15,18H,6,10-11,13-14H2,1-2H3,(H,21,23)/t18-/m0/s1. The molecule has 1 amide bonds. The summed E-state index contributed by atoms with van der Waals surface area (Å²) in [5.74, 6) is -0.265. The smallest absolute Gasteiger partial charge is 0.253 e. The second kappa shape index (κ2) is 9.17. The normalized spacial score (nSPS) is 17.5. The van der Waals surface area contributed by atoms with Crippen molar-refractivity contribution in [3.63, 3.8) is 0 Å². The van der Waals surface area contributed by atoms with Crippen LogP contribution in [0.2, 0.25) is 0 Å². The Morgan fingerprint density at radius 2 is 2.00 bits per heavy atom. The molecule has 1 N–H and O–H groups in total. The van der Waals surface area contributed by atoms with Gasteiger partial charge in [0.2, 0.25) is 5.91 Å². The number of nitrogens with zero attached hydrogens (tertiary/aromatic N) is 1. The number of sulfonamides is 1. The molecule has 0 saturated heterocycles. The summed E-state index contributed by atoms with van der Waals surface area (Å²) in [7, 11) is -3.74. The van der Waals surface area contributed by atoms with Gasteiger partial charge in [0.15, 0.2) is 0 Å². The number of hydrogen-bond acceptors (Lipinski definition) is 5. The maximum atomic E-state index is 13.2. The van der Waals surface area contributed by atoms with E-state index in [0.29, 0.717) is 26.0 Å². The first-order chi connectivity index (χ1) is 13.4. The summed E-state index contributed by atoms with van der Waals surface area (Å²) >= 11 is 1.17. The molecule has 1 aliphatic heterocycles. The summed E-state index contributed by atoms with van der Waals surface area (Å²) in [6.07, 6.45) is 1.21. The minimum Gasteiger partial charge on any atom is -0.379 e. The van der Waals surface area contributed by atoms with Crippen molar-refractivity contribution in [2.75, 3.05) is 13.2 Å². The average molecular weight is 423 g/mol. The van der Waals surface area contributed by atoms with Crippen molar-refractivity contribution in [3.8, 4) is 0 Å². The number of amides is 1. The van der Waals surface area contributed by atoms with Crippen molar-refractivity contribution in [2.24, 2.45) is 0 Å². The van der Waals surface area contributed by atoms with Gasteiger partial charge in [-0.25, -0.2) is 8.42 Å². The van der Waals surface area contributed by atoms with Crippen LogP contribution in [0.1, 0.15) is 31.4 Å². The Balaban J connectivity index is 1.77. The van der Waals surface area contributed by atoms with E-state index in [1.807, 2.05) is 38.1 Å². The number of nitrogens with one attached hydrogen (secondary N) is 1. The topological polar surface area (TPSA) is 75.7 Å². The Labute approximate surface area is 170 Å². The lowest BCUT2D eigenvalue weighted by Crippen LogP contribution is -2.52. The molecule has 0 spiro atoms. The second-order valence-corrected chi connectivity index (χ2v) is 10.1. The summed E-state index contributed by atoms with van der Waals surface area (Å²) in [4.78, 5) is 12.9. The molecule has 1 atom stereocenters. The molecule has 1 aromatic heterocycles. The van der Waals surface area contributed by atoms with Crippen molar-refractivity contribution in [1.29, 1.82) is 0 Å². The summed E-state index contributed by atoms with van der Waals surface area (Å²) in [6, 6.07) is 10.2. The van der Waals surface area contributed by atoms with Gasteiger partial charge in [-0.1, -0.05) is 30.3 Å². The van der Waals surface area contributed by atoms with Crippen LogP contribution in [0.3, 0.4) is 0 Å². The lowest BCUT2D eigenvalue weighted by molar-refractivity contribution is -0.125. The van der Waals surface area contributed by atoms with Gasteiger partial charge in [-0.15, -0.1) is 11.3 Å². The monoisotopic (exact) mass is 422 g/mol. The number of carbonyl (C=O) groups excluding carboxylic acids is 1. The maximum absolute atomic E-state index is 13.2. The predicted octanol–water partition coefficient (Wildman–Crippen LogP) is 2.80. The van der Waals surface area contributed by atoms with Crippen molar-refractivity contribution >= 4 is 27.3 Å². The number of fused-ring (bicyclic) bond motifs is 1. The molecule has 0 fully saturated rings. The fourth-order valence-corrected chi connectivity index (χ4v) is 5.91. The first kappa shape index (κ1) is 21.0. The van der Waals surface area contributed by atoms with Crippen LogP contribution in [0.5, 0.6) is 0 Å². The zero-order valence-electron chi connectivity index (χ0n) is 16.1.